The minimum atomic E-state index is -0.359. The molecule has 0 radical (unpaired) electrons. The monoisotopic (exact) mass is 299 g/mol. The van der Waals surface area contributed by atoms with Crippen LogP contribution in [0.15, 0.2) is 40.9 Å². The number of piperidine rings is 1. The topological polar surface area (TPSA) is 89.4 Å². The molecular formula is C16H17N3O3. The average molecular weight is 299 g/mol. The molecule has 2 amide bonds. The molecule has 1 atom stereocenters. The highest BCUT2D eigenvalue weighted by Crippen LogP contribution is 2.22. The Kier molecular flexibility index (Phi) is 3.91. The van der Waals surface area contributed by atoms with E-state index in [4.69, 9.17) is 10.3 Å². The normalized spacial score (nSPS) is 18.2. The number of aromatic nitrogens is 1. The van der Waals surface area contributed by atoms with E-state index in [1.165, 1.54) is 0 Å². The summed E-state index contributed by atoms with van der Waals surface area (Å²) < 4.78 is 5.25. The third kappa shape index (κ3) is 2.86. The Bertz CT molecular complexity index is 681. The maximum atomic E-state index is 12.5. The standard InChI is InChI=1S/C16H17N3O3/c17-15(20)12-7-4-8-19(10-12)16(21)13-9-14(22-18-13)11-5-2-1-3-6-11/h1-3,5-6,9,12H,4,7-8,10H2,(H2,17,20). The molecule has 22 heavy (non-hydrogen) atoms. The van der Waals surface area contributed by atoms with Crippen LogP contribution in [0.5, 0.6) is 0 Å². The van der Waals surface area contributed by atoms with Gasteiger partial charge in [0.1, 0.15) is 0 Å². The Morgan fingerprint density at radius 3 is 2.77 bits per heavy atom. The molecule has 0 bridgehead atoms. The van der Waals surface area contributed by atoms with Gasteiger partial charge in [0.05, 0.1) is 5.92 Å². The molecule has 1 aromatic carbocycles. The molecule has 0 aliphatic carbocycles. The van der Waals surface area contributed by atoms with Crippen molar-refractivity contribution in [3.05, 3.63) is 42.1 Å². The van der Waals surface area contributed by atoms with E-state index in [1.54, 1.807) is 11.0 Å². The number of likely N-dealkylation sites (tertiary alicyclic amines) is 1. The van der Waals surface area contributed by atoms with Crippen molar-refractivity contribution in [1.29, 1.82) is 0 Å². The van der Waals surface area contributed by atoms with Gasteiger partial charge < -0.3 is 15.2 Å². The number of benzene rings is 1. The lowest BCUT2D eigenvalue weighted by atomic mass is 9.97. The maximum absolute atomic E-state index is 12.5. The molecule has 3 rings (SSSR count). The first-order valence-electron chi connectivity index (χ1n) is 7.26. The van der Waals surface area contributed by atoms with Crippen LogP contribution in [0.3, 0.4) is 0 Å². The summed E-state index contributed by atoms with van der Waals surface area (Å²) in [6.45, 7) is 0.956. The predicted molar refractivity (Wildman–Crippen MR) is 79.8 cm³/mol. The lowest BCUT2D eigenvalue weighted by Crippen LogP contribution is -2.44. The van der Waals surface area contributed by atoms with E-state index in [2.05, 4.69) is 5.16 Å². The molecule has 6 nitrogen and oxygen atoms in total. The lowest BCUT2D eigenvalue weighted by molar-refractivity contribution is -0.123. The SMILES string of the molecule is NC(=O)C1CCCN(C(=O)c2cc(-c3ccccc3)on2)C1. The highest BCUT2D eigenvalue weighted by atomic mass is 16.5. The summed E-state index contributed by atoms with van der Waals surface area (Å²) in [7, 11) is 0. The number of hydrogen-bond donors (Lipinski definition) is 1. The molecule has 0 saturated carbocycles. The van der Waals surface area contributed by atoms with Crippen LogP contribution in [-0.4, -0.2) is 35.0 Å². The lowest BCUT2D eigenvalue weighted by Gasteiger charge is -2.30. The Morgan fingerprint density at radius 1 is 1.27 bits per heavy atom. The van der Waals surface area contributed by atoms with Crippen LogP contribution in [0.4, 0.5) is 0 Å². The van der Waals surface area contributed by atoms with Crippen LogP contribution in [-0.2, 0) is 4.79 Å². The summed E-state index contributed by atoms with van der Waals surface area (Å²) in [5, 5.41) is 3.86. The van der Waals surface area contributed by atoms with Crippen molar-refractivity contribution < 1.29 is 14.1 Å². The highest BCUT2D eigenvalue weighted by molar-refractivity contribution is 5.93. The summed E-state index contributed by atoms with van der Waals surface area (Å²) >= 11 is 0. The molecule has 2 aromatic rings. The molecule has 1 aliphatic heterocycles. The van der Waals surface area contributed by atoms with Crippen molar-refractivity contribution in [3.8, 4) is 11.3 Å². The Balaban J connectivity index is 1.76. The molecule has 2 heterocycles. The quantitative estimate of drug-likeness (QED) is 0.933. The van der Waals surface area contributed by atoms with Crippen molar-refractivity contribution in [3.63, 3.8) is 0 Å². The van der Waals surface area contributed by atoms with Gasteiger partial charge in [-0.3, -0.25) is 9.59 Å². The number of nitrogens with zero attached hydrogens (tertiary/aromatic N) is 2. The van der Waals surface area contributed by atoms with Crippen LogP contribution in [0, 0.1) is 5.92 Å². The predicted octanol–water partition coefficient (Wildman–Crippen LogP) is 1.68. The second-order valence-electron chi connectivity index (χ2n) is 5.44. The molecule has 1 fully saturated rings. The van der Waals surface area contributed by atoms with Crippen molar-refractivity contribution in [2.45, 2.75) is 12.8 Å². The first-order valence-corrected chi connectivity index (χ1v) is 7.26. The molecule has 114 valence electrons. The van der Waals surface area contributed by atoms with Gasteiger partial charge in [-0.1, -0.05) is 35.5 Å². The highest BCUT2D eigenvalue weighted by Gasteiger charge is 2.29. The van der Waals surface area contributed by atoms with Crippen LogP contribution in [0.1, 0.15) is 23.3 Å². The Morgan fingerprint density at radius 2 is 2.05 bits per heavy atom. The fourth-order valence-corrected chi connectivity index (χ4v) is 2.67. The van der Waals surface area contributed by atoms with Crippen LogP contribution in [0.2, 0.25) is 0 Å². The van der Waals surface area contributed by atoms with Gasteiger partial charge in [-0.05, 0) is 12.8 Å². The van der Waals surface area contributed by atoms with Crippen molar-refractivity contribution in [1.82, 2.24) is 10.1 Å². The summed E-state index contributed by atoms with van der Waals surface area (Å²) in [5.74, 6) is -0.315. The fraction of sp³-hybridized carbons (Fsp3) is 0.312. The third-order valence-electron chi connectivity index (χ3n) is 3.90. The van der Waals surface area contributed by atoms with Crippen LogP contribution >= 0.6 is 0 Å². The van der Waals surface area contributed by atoms with Crippen molar-refractivity contribution in [2.75, 3.05) is 13.1 Å². The molecular weight excluding hydrogens is 282 g/mol. The summed E-state index contributed by atoms with van der Waals surface area (Å²) in [5.41, 5.74) is 6.45. The third-order valence-corrected chi connectivity index (χ3v) is 3.90. The molecule has 1 saturated heterocycles. The molecule has 1 aliphatic rings. The molecule has 0 spiro atoms. The van der Waals surface area contributed by atoms with Gasteiger partial charge >= 0.3 is 0 Å². The average Bonchev–Trinajstić information content (AvgIpc) is 3.05. The van der Waals surface area contributed by atoms with Gasteiger partial charge in [-0.2, -0.15) is 0 Å². The zero-order valence-electron chi connectivity index (χ0n) is 12.1. The number of primary amides is 1. The second-order valence-corrected chi connectivity index (χ2v) is 5.44. The number of carbonyl (C=O) groups excluding carboxylic acids is 2. The van der Waals surface area contributed by atoms with Gasteiger partial charge in [0.2, 0.25) is 5.91 Å². The van der Waals surface area contributed by atoms with E-state index >= 15 is 0 Å². The summed E-state index contributed by atoms with van der Waals surface area (Å²) in [6.07, 6.45) is 1.50. The smallest absolute Gasteiger partial charge is 0.276 e. The maximum Gasteiger partial charge on any atom is 0.276 e. The van der Waals surface area contributed by atoms with E-state index in [0.29, 0.717) is 18.8 Å². The van der Waals surface area contributed by atoms with E-state index in [-0.39, 0.29) is 23.4 Å². The Labute approximate surface area is 127 Å². The Hall–Kier alpha value is -2.63. The molecule has 6 heteroatoms. The second kappa shape index (κ2) is 6.01. The number of nitrogens with two attached hydrogens (primary N) is 1. The number of carbonyl (C=O) groups is 2. The number of hydrogen-bond acceptors (Lipinski definition) is 4. The summed E-state index contributed by atoms with van der Waals surface area (Å²) in [4.78, 5) is 25.4. The zero-order chi connectivity index (χ0) is 15.5. The van der Waals surface area contributed by atoms with Crippen molar-refractivity contribution >= 4 is 11.8 Å². The van der Waals surface area contributed by atoms with Gasteiger partial charge in [0, 0.05) is 24.7 Å². The minimum absolute atomic E-state index is 0.225. The van der Waals surface area contributed by atoms with E-state index in [9.17, 15) is 9.59 Å². The largest absolute Gasteiger partial charge is 0.369 e. The van der Waals surface area contributed by atoms with E-state index < -0.39 is 0 Å². The van der Waals surface area contributed by atoms with Gasteiger partial charge in [0.15, 0.2) is 11.5 Å². The van der Waals surface area contributed by atoms with E-state index in [1.807, 2.05) is 30.3 Å². The summed E-state index contributed by atoms with van der Waals surface area (Å²) in [6, 6.07) is 11.1. The molecule has 2 N–H and O–H groups in total. The van der Waals surface area contributed by atoms with Crippen LogP contribution in [0.25, 0.3) is 11.3 Å². The first-order chi connectivity index (χ1) is 10.6. The van der Waals surface area contributed by atoms with E-state index in [0.717, 1.165) is 18.4 Å². The van der Waals surface area contributed by atoms with Gasteiger partial charge in [-0.15, -0.1) is 0 Å². The first kappa shape index (κ1) is 14.3. The zero-order valence-corrected chi connectivity index (χ0v) is 12.1. The van der Waals surface area contributed by atoms with Crippen molar-refractivity contribution in [2.24, 2.45) is 11.7 Å². The fourth-order valence-electron chi connectivity index (χ4n) is 2.67. The number of amides is 2. The van der Waals surface area contributed by atoms with Gasteiger partial charge in [-0.25, -0.2) is 0 Å². The van der Waals surface area contributed by atoms with Gasteiger partial charge in [0.25, 0.3) is 5.91 Å². The molecule has 1 unspecified atom stereocenters. The van der Waals surface area contributed by atoms with Crippen LogP contribution < -0.4 is 5.73 Å². The number of rotatable bonds is 3. The molecule has 1 aromatic heterocycles. The minimum Gasteiger partial charge on any atom is -0.369 e.